The Hall–Kier alpha value is -2.54. The second-order valence-electron chi connectivity index (χ2n) is 10.8. The lowest BCUT2D eigenvalue weighted by molar-refractivity contribution is 0.0571. The summed E-state index contributed by atoms with van der Waals surface area (Å²) >= 11 is 0. The molecule has 0 amide bonds. The molecule has 4 nitrogen and oxygen atoms in total. The zero-order valence-corrected chi connectivity index (χ0v) is 23.6. The second kappa shape index (κ2) is 13.3. The average molecular weight is 519 g/mol. The molecule has 5 heteroatoms. The summed E-state index contributed by atoms with van der Waals surface area (Å²) in [5.74, 6) is -0.242. The van der Waals surface area contributed by atoms with Crippen LogP contribution < -0.4 is 10.4 Å². The minimum absolute atomic E-state index is 0.146. The van der Waals surface area contributed by atoms with E-state index in [4.69, 9.17) is 9.16 Å². The van der Waals surface area contributed by atoms with E-state index in [2.05, 4.69) is 75.9 Å². The van der Waals surface area contributed by atoms with Gasteiger partial charge in [-0.15, -0.1) is 0 Å². The maximum absolute atomic E-state index is 11.1. The Balaban J connectivity index is 1.67. The van der Waals surface area contributed by atoms with Crippen LogP contribution in [0.5, 0.6) is 0 Å². The van der Waals surface area contributed by atoms with Crippen LogP contribution >= 0.6 is 0 Å². The molecule has 3 atom stereocenters. The van der Waals surface area contributed by atoms with Crippen LogP contribution in [-0.4, -0.2) is 44.0 Å². The minimum atomic E-state index is -2.70. The van der Waals surface area contributed by atoms with Crippen LogP contribution in [0.15, 0.2) is 103 Å². The molecule has 3 aromatic rings. The van der Waals surface area contributed by atoms with Gasteiger partial charge in [0.2, 0.25) is 0 Å². The van der Waals surface area contributed by atoms with Crippen molar-refractivity contribution in [1.29, 1.82) is 0 Å². The molecule has 0 aromatic heterocycles. The van der Waals surface area contributed by atoms with E-state index in [-0.39, 0.29) is 11.0 Å². The molecule has 0 unspecified atom stereocenters. The third-order valence-corrected chi connectivity index (χ3v) is 12.0. The van der Waals surface area contributed by atoms with E-state index >= 15 is 0 Å². The van der Waals surface area contributed by atoms with Crippen molar-refractivity contribution < 1.29 is 19.4 Å². The lowest BCUT2D eigenvalue weighted by Crippen LogP contribution is -2.67. The van der Waals surface area contributed by atoms with Gasteiger partial charge in [-0.3, -0.25) is 0 Å². The van der Waals surface area contributed by atoms with Gasteiger partial charge in [-0.25, -0.2) is 0 Å². The van der Waals surface area contributed by atoms with Crippen molar-refractivity contribution in [2.75, 3.05) is 13.2 Å². The quantitative estimate of drug-likeness (QED) is 0.188. The molecular formula is C32H42O4Si. The van der Waals surface area contributed by atoms with E-state index in [1.165, 1.54) is 10.4 Å². The van der Waals surface area contributed by atoms with Gasteiger partial charge in [-0.1, -0.05) is 125 Å². The Morgan fingerprint density at radius 3 is 1.81 bits per heavy atom. The summed E-state index contributed by atoms with van der Waals surface area (Å²) in [5, 5.41) is 24.0. The molecule has 0 spiro atoms. The maximum atomic E-state index is 11.1. The Bertz CT molecular complexity index is 1040. The van der Waals surface area contributed by atoms with Crippen LogP contribution in [0.1, 0.15) is 39.7 Å². The fraction of sp³-hybridized carbons (Fsp3) is 0.375. The molecule has 0 saturated carbocycles. The van der Waals surface area contributed by atoms with Gasteiger partial charge in [0.15, 0.2) is 0 Å². The first-order valence-electron chi connectivity index (χ1n) is 13.1. The number of aliphatic hydroxyl groups excluding tert-OH is 2. The second-order valence-corrected chi connectivity index (χ2v) is 15.1. The number of rotatable bonds is 13. The molecule has 0 aliphatic rings. The molecule has 0 aliphatic carbocycles. The molecule has 198 valence electrons. The fourth-order valence-corrected chi connectivity index (χ4v) is 9.48. The Labute approximate surface area is 223 Å². The maximum Gasteiger partial charge on any atom is 0.261 e. The average Bonchev–Trinajstić information content (AvgIpc) is 2.91. The number of ether oxygens (including phenoxy) is 1. The van der Waals surface area contributed by atoms with Gasteiger partial charge >= 0.3 is 0 Å². The summed E-state index contributed by atoms with van der Waals surface area (Å²) in [7, 11) is -2.70. The zero-order valence-electron chi connectivity index (χ0n) is 22.6. The summed E-state index contributed by atoms with van der Waals surface area (Å²) in [6, 6.07) is 30.9. The van der Waals surface area contributed by atoms with Crippen molar-refractivity contribution in [2.45, 2.75) is 58.0 Å². The lowest BCUT2D eigenvalue weighted by Gasteiger charge is -2.44. The lowest BCUT2D eigenvalue weighted by atomic mass is 9.94. The van der Waals surface area contributed by atoms with Gasteiger partial charge in [0.1, 0.15) is 0 Å². The summed E-state index contributed by atoms with van der Waals surface area (Å²) in [5.41, 5.74) is 1.49. The molecule has 3 rings (SSSR count). The van der Waals surface area contributed by atoms with E-state index in [9.17, 15) is 10.2 Å². The van der Waals surface area contributed by atoms with Crippen molar-refractivity contribution >= 4 is 18.7 Å². The number of hydrogen-bond donors (Lipinski definition) is 2. The van der Waals surface area contributed by atoms with Crippen molar-refractivity contribution in [1.82, 2.24) is 0 Å². The van der Waals surface area contributed by atoms with E-state index in [0.29, 0.717) is 31.8 Å². The third kappa shape index (κ3) is 7.28. The zero-order chi connectivity index (χ0) is 26.9. The highest BCUT2D eigenvalue weighted by Gasteiger charge is 2.50. The SMILES string of the molecule is C=C([C@H](O)CCOCc1ccccc1)[C@H](O)[C@@H](C)CO[Si](c1ccccc1)(c1ccccc1)C(C)(C)C. The summed E-state index contributed by atoms with van der Waals surface area (Å²) in [6.07, 6.45) is -1.35. The minimum Gasteiger partial charge on any atom is -0.407 e. The van der Waals surface area contributed by atoms with Crippen molar-refractivity contribution in [3.63, 3.8) is 0 Å². The van der Waals surface area contributed by atoms with Gasteiger partial charge in [-0.2, -0.15) is 0 Å². The standard InChI is InChI=1S/C32H42O4Si/c1-25(31(34)26(2)30(33)21-22-35-24-27-15-9-6-10-16-27)23-36-37(32(3,4)5,28-17-11-7-12-18-28)29-19-13-8-14-20-29/h6-20,25,30-31,33-34H,2,21-24H2,1,3-5H3/t25-,30+,31+/m0/s1. The highest BCUT2D eigenvalue weighted by Crippen LogP contribution is 2.37. The van der Waals surface area contributed by atoms with Gasteiger partial charge in [0, 0.05) is 25.6 Å². The number of aliphatic hydroxyl groups is 2. The highest BCUT2D eigenvalue weighted by molar-refractivity contribution is 6.99. The summed E-state index contributed by atoms with van der Waals surface area (Å²) in [6.45, 7) is 13.9. The van der Waals surface area contributed by atoms with Gasteiger partial charge < -0.3 is 19.4 Å². The molecule has 0 bridgehead atoms. The molecule has 0 heterocycles. The predicted molar refractivity (Wildman–Crippen MR) is 155 cm³/mol. The van der Waals surface area contributed by atoms with E-state index in [0.717, 1.165) is 5.56 Å². The first kappa shape index (κ1) is 29.0. The van der Waals surface area contributed by atoms with Gasteiger partial charge in [0.05, 0.1) is 18.8 Å². The normalized spacial score (nSPS) is 14.6. The number of hydrogen-bond acceptors (Lipinski definition) is 4. The monoisotopic (exact) mass is 518 g/mol. The van der Waals surface area contributed by atoms with Crippen LogP contribution in [0.25, 0.3) is 0 Å². The van der Waals surface area contributed by atoms with Gasteiger partial charge in [0.25, 0.3) is 8.32 Å². The topological polar surface area (TPSA) is 58.9 Å². The molecule has 37 heavy (non-hydrogen) atoms. The van der Waals surface area contributed by atoms with Crippen molar-refractivity contribution in [3.8, 4) is 0 Å². The van der Waals surface area contributed by atoms with Crippen LogP contribution in [0, 0.1) is 5.92 Å². The highest BCUT2D eigenvalue weighted by atomic mass is 28.4. The number of benzene rings is 3. The molecule has 0 saturated heterocycles. The van der Waals surface area contributed by atoms with Crippen LogP contribution in [0.4, 0.5) is 0 Å². The molecular weight excluding hydrogens is 476 g/mol. The van der Waals surface area contributed by atoms with Gasteiger partial charge in [-0.05, 0) is 26.5 Å². The van der Waals surface area contributed by atoms with Crippen molar-refractivity contribution in [2.24, 2.45) is 5.92 Å². The Morgan fingerprint density at radius 2 is 1.32 bits per heavy atom. The van der Waals surface area contributed by atoms with Crippen LogP contribution in [-0.2, 0) is 15.8 Å². The van der Waals surface area contributed by atoms with Crippen LogP contribution in [0.3, 0.4) is 0 Å². The van der Waals surface area contributed by atoms with Crippen molar-refractivity contribution in [3.05, 3.63) is 109 Å². The molecule has 2 N–H and O–H groups in total. The predicted octanol–water partition coefficient (Wildman–Crippen LogP) is 5.08. The first-order valence-corrected chi connectivity index (χ1v) is 15.0. The van der Waals surface area contributed by atoms with E-state index < -0.39 is 20.5 Å². The Morgan fingerprint density at radius 1 is 0.838 bits per heavy atom. The summed E-state index contributed by atoms with van der Waals surface area (Å²) in [4.78, 5) is 0. The summed E-state index contributed by atoms with van der Waals surface area (Å²) < 4.78 is 12.7. The van der Waals surface area contributed by atoms with E-state index in [1.807, 2.05) is 49.4 Å². The Kier molecular flexibility index (Phi) is 10.4. The fourth-order valence-electron chi connectivity index (χ4n) is 4.82. The molecule has 0 aliphatic heterocycles. The molecule has 3 aromatic carbocycles. The van der Waals surface area contributed by atoms with Crippen LogP contribution in [0.2, 0.25) is 5.04 Å². The first-order chi connectivity index (χ1) is 17.7. The van der Waals surface area contributed by atoms with E-state index in [1.54, 1.807) is 0 Å². The smallest absolute Gasteiger partial charge is 0.261 e. The molecule has 0 radical (unpaired) electrons. The largest absolute Gasteiger partial charge is 0.407 e. The third-order valence-electron chi connectivity index (χ3n) is 6.97. The molecule has 0 fully saturated rings.